The lowest BCUT2D eigenvalue weighted by molar-refractivity contribution is 0.423. The van der Waals surface area contributed by atoms with E-state index >= 15 is 0 Å². The summed E-state index contributed by atoms with van der Waals surface area (Å²) in [7, 11) is 1.60. The van der Waals surface area contributed by atoms with Gasteiger partial charge in [0.1, 0.15) is 5.82 Å². The maximum absolute atomic E-state index is 13.4. The number of H-pyrrole nitrogens is 1. The van der Waals surface area contributed by atoms with Crippen molar-refractivity contribution in [2.24, 2.45) is 7.05 Å². The van der Waals surface area contributed by atoms with Crippen molar-refractivity contribution in [1.82, 2.24) is 14.8 Å². The fraction of sp³-hybridized carbons (Fsp3) is 0.273. The molecule has 2 N–H and O–H groups in total. The average Bonchev–Trinajstić information content (AvgIpc) is 2.67. The van der Waals surface area contributed by atoms with Crippen LogP contribution in [-0.4, -0.2) is 19.9 Å². The molecule has 0 fully saturated rings. The zero-order chi connectivity index (χ0) is 13.3. The van der Waals surface area contributed by atoms with Crippen LogP contribution in [0.25, 0.3) is 0 Å². The first kappa shape index (κ1) is 12.8. The molecule has 0 saturated carbocycles. The van der Waals surface area contributed by atoms with Crippen LogP contribution < -0.4 is 5.69 Å². The molecule has 0 unspecified atom stereocenters. The number of rotatable bonds is 3. The van der Waals surface area contributed by atoms with Crippen molar-refractivity contribution < 1.29 is 9.50 Å². The van der Waals surface area contributed by atoms with Gasteiger partial charge in [-0.1, -0.05) is 6.07 Å². The minimum absolute atomic E-state index is 0.218. The minimum atomic E-state index is -0.677. The molecule has 0 bridgehead atoms. The van der Waals surface area contributed by atoms with Gasteiger partial charge in [0.15, 0.2) is 11.6 Å². The van der Waals surface area contributed by atoms with Gasteiger partial charge in [0.25, 0.3) is 0 Å². The fourth-order valence-electron chi connectivity index (χ4n) is 1.63. The number of phenolic OH excluding ortho intramolecular Hbond substituents is 1. The number of nitrogens with zero attached hydrogens (tertiary/aromatic N) is 2. The summed E-state index contributed by atoms with van der Waals surface area (Å²) < 4.78 is 15.0. The maximum Gasteiger partial charge on any atom is 0.343 e. The molecule has 1 aromatic carbocycles. The van der Waals surface area contributed by atoms with E-state index in [9.17, 15) is 14.3 Å². The third kappa shape index (κ3) is 2.31. The number of phenols is 1. The van der Waals surface area contributed by atoms with E-state index in [1.165, 1.54) is 10.6 Å². The quantitative estimate of drug-likeness (QED) is 0.901. The molecule has 1 aromatic heterocycles. The van der Waals surface area contributed by atoms with Crippen LogP contribution in [0.15, 0.2) is 21.4 Å². The van der Waals surface area contributed by atoms with Gasteiger partial charge in [-0.25, -0.2) is 14.3 Å². The van der Waals surface area contributed by atoms with Crippen LogP contribution in [0.4, 0.5) is 4.39 Å². The fourth-order valence-corrected chi connectivity index (χ4v) is 1.95. The number of benzene rings is 1. The number of aromatic hydroxyl groups is 1. The van der Waals surface area contributed by atoms with E-state index in [1.807, 2.05) is 0 Å². The van der Waals surface area contributed by atoms with Crippen LogP contribution in [0.5, 0.6) is 5.75 Å². The molecule has 0 spiro atoms. The Morgan fingerprint density at radius 1 is 1.50 bits per heavy atom. The van der Waals surface area contributed by atoms with Crippen molar-refractivity contribution in [3.05, 3.63) is 44.3 Å². The number of hydrogen-bond donors (Lipinski definition) is 2. The van der Waals surface area contributed by atoms with Crippen LogP contribution >= 0.6 is 15.9 Å². The zero-order valence-electron chi connectivity index (χ0n) is 9.57. The second kappa shape index (κ2) is 4.93. The maximum atomic E-state index is 13.4. The molecular weight excluding hydrogens is 305 g/mol. The minimum Gasteiger partial charge on any atom is -0.505 e. The number of aromatic nitrogens is 3. The molecule has 0 aliphatic rings. The molecule has 0 radical (unpaired) electrons. The molecule has 5 nitrogen and oxygen atoms in total. The average molecular weight is 316 g/mol. The monoisotopic (exact) mass is 315 g/mol. The third-order valence-corrected chi connectivity index (χ3v) is 3.36. The normalized spacial score (nSPS) is 10.8. The van der Waals surface area contributed by atoms with Gasteiger partial charge in [-0.3, -0.25) is 4.57 Å². The Hall–Kier alpha value is -1.63. The SMILES string of the molecule is Cn1c(CCc2ccc(Br)c(F)c2O)n[nH]c1=O. The summed E-state index contributed by atoms with van der Waals surface area (Å²) in [4.78, 5) is 11.1. The van der Waals surface area contributed by atoms with Crippen molar-refractivity contribution in [3.8, 4) is 5.75 Å². The van der Waals surface area contributed by atoms with Gasteiger partial charge < -0.3 is 5.11 Å². The van der Waals surface area contributed by atoms with Gasteiger partial charge >= 0.3 is 5.69 Å². The highest BCUT2D eigenvalue weighted by atomic mass is 79.9. The Bertz CT molecular complexity index is 636. The Balaban J connectivity index is 2.19. The molecule has 0 aliphatic carbocycles. The lowest BCUT2D eigenvalue weighted by Gasteiger charge is -2.06. The van der Waals surface area contributed by atoms with Gasteiger partial charge in [0.05, 0.1) is 4.47 Å². The molecule has 2 aromatic rings. The van der Waals surface area contributed by atoms with Crippen molar-refractivity contribution in [2.45, 2.75) is 12.8 Å². The van der Waals surface area contributed by atoms with Crippen molar-refractivity contribution in [3.63, 3.8) is 0 Å². The number of nitrogens with one attached hydrogen (secondary N) is 1. The molecule has 0 saturated heterocycles. The smallest absolute Gasteiger partial charge is 0.343 e. The Morgan fingerprint density at radius 2 is 2.22 bits per heavy atom. The molecule has 18 heavy (non-hydrogen) atoms. The van der Waals surface area contributed by atoms with E-state index in [4.69, 9.17) is 0 Å². The van der Waals surface area contributed by atoms with E-state index in [0.717, 1.165) is 0 Å². The molecule has 0 amide bonds. The summed E-state index contributed by atoms with van der Waals surface area (Å²) in [5.74, 6) is -0.490. The summed E-state index contributed by atoms with van der Waals surface area (Å²) in [5.41, 5.74) is 0.183. The summed E-state index contributed by atoms with van der Waals surface area (Å²) in [6.45, 7) is 0. The highest BCUT2D eigenvalue weighted by Crippen LogP contribution is 2.28. The second-order valence-electron chi connectivity index (χ2n) is 3.87. The summed E-state index contributed by atoms with van der Waals surface area (Å²) >= 11 is 2.99. The molecule has 96 valence electrons. The molecular formula is C11H11BrFN3O2. The van der Waals surface area contributed by atoms with Gasteiger partial charge in [0, 0.05) is 13.5 Å². The first-order valence-electron chi connectivity index (χ1n) is 5.27. The summed E-state index contributed by atoms with van der Waals surface area (Å²) in [6, 6.07) is 3.17. The van der Waals surface area contributed by atoms with Crippen molar-refractivity contribution in [2.75, 3.05) is 0 Å². The second-order valence-corrected chi connectivity index (χ2v) is 4.73. The van der Waals surface area contributed by atoms with Gasteiger partial charge in [-0.05, 0) is 34.0 Å². The number of aromatic amines is 1. The first-order chi connectivity index (χ1) is 8.50. The Labute approximate surface area is 110 Å². The first-order valence-corrected chi connectivity index (χ1v) is 6.06. The zero-order valence-corrected chi connectivity index (χ0v) is 11.2. The highest BCUT2D eigenvalue weighted by molar-refractivity contribution is 9.10. The molecule has 2 rings (SSSR count). The highest BCUT2D eigenvalue weighted by Gasteiger charge is 2.12. The molecule has 7 heteroatoms. The van der Waals surface area contributed by atoms with Gasteiger partial charge in [0.2, 0.25) is 0 Å². The molecule has 0 atom stereocenters. The van der Waals surface area contributed by atoms with Crippen molar-refractivity contribution in [1.29, 1.82) is 0 Å². The van der Waals surface area contributed by atoms with Crippen LogP contribution in [0.2, 0.25) is 0 Å². The predicted octanol–water partition coefficient (Wildman–Crippen LogP) is 1.50. The standard InChI is InChI=1S/C11H11BrFN3O2/c1-16-8(14-15-11(16)18)5-3-6-2-4-7(12)9(13)10(6)17/h2,4,17H,3,5H2,1H3,(H,15,18). The number of hydrogen-bond acceptors (Lipinski definition) is 3. The lowest BCUT2D eigenvalue weighted by Crippen LogP contribution is -2.14. The van der Waals surface area contributed by atoms with Crippen LogP contribution in [0.3, 0.4) is 0 Å². The number of halogens is 2. The Kier molecular flexibility index (Phi) is 3.51. The topological polar surface area (TPSA) is 70.9 Å². The van der Waals surface area contributed by atoms with Crippen molar-refractivity contribution >= 4 is 15.9 Å². The van der Waals surface area contributed by atoms with Gasteiger partial charge in [-0.15, -0.1) is 0 Å². The summed E-state index contributed by atoms with van der Waals surface area (Å²) in [6.07, 6.45) is 0.831. The van der Waals surface area contributed by atoms with Crippen LogP contribution in [-0.2, 0) is 19.9 Å². The molecule has 1 heterocycles. The number of aryl methyl sites for hydroxylation is 2. The third-order valence-electron chi connectivity index (χ3n) is 2.74. The van der Waals surface area contributed by atoms with E-state index < -0.39 is 5.82 Å². The van der Waals surface area contributed by atoms with Crippen LogP contribution in [0.1, 0.15) is 11.4 Å². The summed E-state index contributed by atoms with van der Waals surface area (Å²) in [5, 5.41) is 15.8. The molecule has 0 aliphatic heterocycles. The van der Waals surface area contributed by atoms with E-state index in [1.54, 1.807) is 13.1 Å². The Morgan fingerprint density at radius 3 is 2.83 bits per heavy atom. The van der Waals surface area contributed by atoms with Gasteiger partial charge in [-0.2, -0.15) is 5.10 Å². The van der Waals surface area contributed by atoms with E-state index in [-0.39, 0.29) is 15.9 Å². The largest absolute Gasteiger partial charge is 0.505 e. The van der Waals surface area contributed by atoms with E-state index in [2.05, 4.69) is 26.1 Å². The lowest BCUT2D eigenvalue weighted by atomic mass is 10.1. The predicted molar refractivity (Wildman–Crippen MR) is 67.0 cm³/mol. The van der Waals surface area contributed by atoms with E-state index in [0.29, 0.717) is 24.2 Å². The van der Waals surface area contributed by atoms with Crippen LogP contribution in [0, 0.1) is 5.82 Å².